The van der Waals surface area contributed by atoms with Gasteiger partial charge in [-0.2, -0.15) is 0 Å². The molecular weight excluding hydrogens is 334 g/mol. The third kappa shape index (κ3) is 3.01. The van der Waals surface area contributed by atoms with Crippen LogP contribution in [0.25, 0.3) is 10.8 Å². The fourth-order valence-corrected chi connectivity index (χ4v) is 6.42. The highest BCUT2D eigenvalue weighted by Gasteiger charge is 2.51. The van der Waals surface area contributed by atoms with Crippen LogP contribution in [-0.2, 0) is 4.79 Å². The maximum atomic E-state index is 13.1. The maximum Gasteiger partial charge on any atom is 0.227 e. The van der Waals surface area contributed by atoms with Crippen molar-refractivity contribution < 1.29 is 9.53 Å². The normalized spacial score (nSPS) is 32.4. The minimum absolute atomic E-state index is 0.0876. The lowest BCUT2D eigenvalue weighted by Gasteiger charge is -2.57. The molecule has 0 aliphatic heterocycles. The van der Waals surface area contributed by atoms with Gasteiger partial charge in [0.25, 0.3) is 0 Å². The van der Waals surface area contributed by atoms with Crippen molar-refractivity contribution in [3.05, 3.63) is 42.0 Å². The molecule has 4 saturated carbocycles. The third-order valence-corrected chi connectivity index (χ3v) is 7.39. The Balaban J connectivity index is 1.35. The van der Waals surface area contributed by atoms with Crippen LogP contribution in [-0.4, -0.2) is 18.6 Å². The van der Waals surface area contributed by atoms with Gasteiger partial charge in [-0.1, -0.05) is 24.3 Å². The highest BCUT2D eigenvalue weighted by Crippen LogP contribution is 2.55. The fraction of sp³-hybridized carbons (Fsp3) is 0.542. The van der Waals surface area contributed by atoms with Crippen LogP contribution in [0.2, 0.25) is 0 Å². The number of methoxy groups -OCH3 is 1. The van der Waals surface area contributed by atoms with Gasteiger partial charge in [-0.3, -0.25) is 4.79 Å². The molecule has 1 N–H and O–H groups in total. The minimum Gasteiger partial charge on any atom is -0.497 e. The second kappa shape index (κ2) is 6.25. The van der Waals surface area contributed by atoms with Crippen LogP contribution >= 0.6 is 0 Å². The average Bonchev–Trinajstić information content (AvgIpc) is 2.65. The molecule has 0 radical (unpaired) electrons. The molecular formula is C24H29NO2. The second-order valence-electron chi connectivity index (χ2n) is 9.38. The summed E-state index contributed by atoms with van der Waals surface area (Å²) in [5.41, 5.74) is 1.18. The van der Waals surface area contributed by atoms with Gasteiger partial charge in [-0.15, -0.1) is 0 Å². The van der Waals surface area contributed by atoms with Gasteiger partial charge in [0, 0.05) is 5.54 Å². The number of amides is 1. The van der Waals surface area contributed by atoms with Gasteiger partial charge in [-0.05, 0) is 91.7 Å². The van der Waals surface area contributed by atoms with Gasteiger partial charge in [0.1, 0.15) is 5.75 Å². The Hall–Kier alpha value is -2.03. The van der Waals surface area contributed by atoms with Crippen molar-refractivity contribution in [3.63, 3.8) is 0 Å². The summed E-state index contributed by atoms with van der Waals surface area (Å²) >= 11 is 0. The molecule has 0 saturated heterocycles. The van der Waals surface area contributed by atoms with E-state index in [0.29, 0.717) is 0 Å². The second-order valence-corrected chi connectivity index (χ2v) is 9.38. The van der Waals surface area contributed by atoms with Gasteiger partial charge < -0.3 is 10.1 Å². The first kappa shape index (κ1) is 17.1. The highest BCUT2D eigenvalue weighted by atomic mass is 16.5. The molecule has 3 nitrogen and oxygen atoms in total. The van der Waals surface area contributed by atoms with Crippen LogP contribution in [0.5, 0.6) is 5.75 Å². The summed E-state index contributed by atoms with van der Waals surface area (Å²) < 4.78 is 5.31. The molecule has 4 aliphatic carbocycles. The molecule has 6 rings (SSSR count). The van der Waals surface area contributed by atoms with Crippen molar-refractivity contribution in [2.75, 3.05) is 7.11 Å². The van der Waals surface area contributed by atoms with Crippen LogP contribution in [0.15, 0.2) is 36.4 Å². The first-order chi connectivity index (χ1) is 13.0. The van der Waals surface area contributed by atoms with E-state index in [1.165, 1.54) is 38.5 Å². The first-order valence-electron chi connectivity index (χ1n) is 10.4. The van der Waals surface area contributed by atoms with E-state index in [-0.39, 0.29) is 17.4 Å². The maximum absolute atomic E-state index is 13.1. The van der Waals surface area contributed by atoms with E-state index in [2.05, 4.69) is 29.6 Å². The Morgan fingerprint density at radius 2 is 1.59 bits per heavy atom. The Bertz CT molecular complexity index is 852. The van der Waals surface area contributed by atoms with Crippen molar-refractivity contribution in [2.24, 2.45) is 17.8 Å². The van der Waals surface area contributed by atoms with E-state index in [1.54, 1.807) is 7.11 Å². The van der Waals surface area contributed by atoms with Gasteiger partial charge in [0.05, 0.1) is 13.0 Å². The van der Waals surface area contributed by atoms with E-state index in [9.17, 15) is 4.79 Å². The Morgan fingerprint density at radius 3 is 2.22 bits per heavy atom. The molecule has 0 aromatic heterocycles. The number of nitrogens with one attached hydrogen (secondary N) is 1. The third-order valence-electron chi connectivity index (χ3n) is 7.39. The number of carbonyl (C=O) groups excluding carboxylic acids is 1. The molecule has 3 heteroatoms. The van der Waals surface area contributed by atoms with E-state index in [4.69, 9.17) is 4.74 Å². The lowest BCUT2D eigenvalue weighted by atomic mass is 9.53. The van der Waals surface area contributed by atoms with Gasteiger partial charge in [0.15, 0.2) is 0 Å². The molecule has 1 unspecified atom stereocenters. The summed E-state index contributed by atoms with van der Waals surface area (Å²) in [5, 5.41) is 5.83. The average molecular weight is 364 g/mol. The van der Waals surface area contributed by atoms with Crippen molar-refractivity contribution >= 4 is 16.7 Å². The molecule has 4 aliphatic rings. The first-order valence-corrected chi connectivity index (χ1v) is 10.4. The van der Waals surface area contributed by atoms with E-state index in [0.717, 1.165) is 39.8 Å². The van der Waals surface area contributed by atoms with Gasteiger partial charge in [-0.25, -0.2) is 0 Å². The monoisotopic (exact) mass is 363 g/mol. The number of fused-ring (bicyclic) bond motifs is 1. The van der Waals surface area contributed by atoms with Gasteiger partial charge >= 0.3 is 0 Å². The lowest BCUT2D eigenvalue weighted by molar-refractivity contribution is -0.128. The smallest absolute Gasteiger partial charge is 0.227 e. The summed E-state index contributed by atoms with van der Waals surface area (Å²) in [6.07, 6.45) is 7.81. The van der Waals surface area contributed by atoms with Crippen molar-refractivity contribution in [2.45, 2.75) is 56.9 Å². The molecule has 2 aromatic rings. The molecule has 4 bridgehead atoms. The van der Waals surface area contributed by atoms with Crippen LogP contribution in [0.4, 0.5) is 0 Å². The molecule has 27 heavy (non-hydrogen) atoms. The predicted octanol–water partition coefficient (Wildman–Crippen LogP) is 5.04. The highest BCUT2D eigenvalue weighted by molar-refractivity contribution is 5.88. The largest absolute Gasteiger partial charge is 0.497 e. The summed E-state index contributed by atoms with van der Waals surface area (Å²) in [7, 11) is 1.69. The summed E-state index contributed by atoms with van der Waals surface area (Å²) in [5.74, 6) is 3.49. The SMILES string of the molecule is COc1ccc2cc(C(C)C(=O)NC34CC5CC(CC(C5)C3)C4)ccc2c1. The van der Waals surface area contributed by atoms with Crippen molar-refractivity contribution in [1.82, 2.24) is 5.32 Å². The molecule has 0 heterocycles. The Kier molecular flexibility index (Phi) is 3.96. The summed E-state index contributed by atoms with van der Waals surface area (Å²) in [6, 6.07) is 12.4. The standard InChI is InChI=1S/C24H29NO2/c1-15(19-3-4-21-11-22(27-2)6-5-20(21)10-19)23(26)25-24-12-16-7-17(13-24)9-18(8-16)14-24/h3-6,10-11,15-18H,7-9,12-14H2,1-2H3,(H,25,26). The molecule has 0 spiro atoms. The fourth-order valence-electron chi connectivity index (χ4n) is 6.42. The summed E-state index contributed by atoms with van der Waals surface area (Å²) in [6.45, 7) is 2.04. The molecule has 2 aromatic carbocycles. The van der Waals surface area contributed by atoms with Gasteiger partial charge in [0.2, 0.25) is 5.91 Å². The molecule has 1 amide bonds. The predicted molar refractivity (Wildman–Crippen MR) is 108 cm³/mol. The van der Waals surface area contributed by atoms with E-state index >= 15 is 0 Å². The Labute approximate surface area is 161 Å². The molecule has 4 fully saturated rings. The van der Waals surface area contributed by atoms with Crippen LogP contribution in [0.3, 0.4) is 0 Å². The van der Waals surface area contributed by atoms with Crippen LogP contribution in [0, 0.1) is 17.8 Å². The number of hydrogen-bond donors (Lipinski definition) is 1. The van der Waals surface area contributed by atoms with Crippen LogP contribution in [0.1, 0.15) is 56.9 Å². The number of benzene rings is 2. The number of rotatable bonds is 4. The lowest BCUT2D eigenvalue weighted by Crippen LogP contribution is -2.60. The zero-order valence-electron chi connectivity index (χ0n) is 16.3. The zero-order chi connectivity index (χ0) is 18.6. The van der Waals surface area contributed by atoms with Crippen molar-refractivity contribution in [1.29, 1.82) is 0 Å². The molecule has 1 atom stereocenters. The minimum atomic E-state index is -0.121. The number of hydrogen-bond acceptors (Lipinski definition) is 2. The van der Waals surface area contributed by atoms with Crippen LogP contribution < -0.4 is 10.1 Å². The topological polar surface area (TPSA) is 38.3 Å². The molecule has 142 valence electrons. The zero-order valence-corrected chi connectivity index (χ0v) is 16.3. The van der Waals surface area contributed by atoms with E-state index < -0.39 is 0 Å². The van der Waals surface area contributed by atoms with Crippen molar-refractivity contribution in [3.8, 4) is 5.75 Å². The Morgan fingerprint density at radius 1 is 1.00 bits per heavy atom. The number of carbonyl (C=O) groups is 1. The quantitative estimate of drug-likeness (QED) is 0.827. The van der Waals surface area contributed by atoms with E-state index in [1.807, 2.05) is 19.1 Å². The number of ether oxygens (including phenoxy) is 1. The summed E-state index contributed by atoms with van der Waals surface area (Å²) in [4.78, 5) is 13.1.